The Labute approximate surface area is 272 Å². The molecule has 46 heavy (non-hydrogen) atoms. The van der Waals surface area contributed by atoms with E-state index in [0.29, 0.717) is 24.2 Å². The van der Waals surface area contributed by atoms with Gasteiger partial charge in [0.05, 0.1) is 29.7 Å². The molecule has 0 unspecified atom stereocenters. The molecular formula is C36H50N4O6. The molecular weight excluding hydrogens is 584 g/mol. The zero-order valence-electron chi connectivity index (χ0n) is 28.0. The van der Waals surface area contributed by atoms with E-state index in [1.165, 1.54) is 0 Å². The highest BCUT2D eigenvalue weighted by molar-refractivity contribution is 5.89. The Morgan fingerprint density at radius 3 is 2.57 bits per heavy atom. The molecule has 1 saturated heterocycles. The average Bonchev–Trinajstić information content (AvgIpc) is 3.64. The van der Waals surface area contributed by atoms with Crippen molar-refractivity contribution in [1.29, 1.82) is 0 Å². The van der Waals surface area contributed by atoms with Gasteiger partial charge in [0.25, 0.3) is 0 Å². The SMILES string of the molecule is CC[C@@H]1[C@@H]2CN(C(=O)[C@H](C(C)(C)C)NC(=O)O[C@]3(C)CCC[C@H]3CCCCCc3nc4ccc(OC5CC5)cc4nc3O2)[C@@H]1C=O. The summed E-state index contributed by atoms with van der Waals surface area (Å²) in [5, 5.41) is 2.92. The molecule has 2 aliphatic carbocycles. The van der Waals surface area contributed by atoms with Crippen LogP contribution < -0.4 is 14.8 Å². The summed E-state index contributed by atoms with van der Waals surface area (Å²) >= 11 is 0. The molecule has 10 nitrogen and oxygen atoms in total. The predicted molar refractivity (Wildman–Crippen MR) is 174 cm³/mol. The number of ether oxygens (including phenoxy) is 3. The molecule has 1 N–H and O–H groups in total. The number of hydrogen-bond acceptors (Lipinski definition) is 8. The maximum Gasteiger partial charge on any atom is 0.408 e. The van der Waals surface area contributed by atoms with Crippen LogP contribution in [0.15, 0.2) is 18.2 Å². The Morgan fingerprint density at radius 2 is 1.85 bits per heavy atom. The van der Waals surface area contributed by atoms with Gasteiger partial charge >= 0.3 is 6.09 Å². The molecule has 2 aromatic rings. The number of rotatable bonds is 4. The Morgan fingerprint density at radius 1 is 1.07 bits per heavy atom. The number of hydrogen-bond donors (Lipinski definition) is 1. The lowest BCUT2D eigenvalue weighted by molar-refractivity contribution is -0.139. The Balaban J connectivity index is 1.36. The zero-order valence-corrected chi connectivity index (χ0v) is 28.0. The summed E-state index contributed by atoms with van der Waals surface area (Å²) in [4.78, 5) is 51.9. The monoisotopic (exact) mass is 634 g/mol. The molecule has 10 heteroatoms. The number of benzene rings is 1. The molecule has 3 fully saturated rings. The second kappa shape index (κ2) is 13.0. The number of aryl methyl sites for hydroxylation is 1. The van der Waals surface area contributed by atoms with E-state index in [0.717, 1.165) is 81.0 Å². The highest BCUT2D eigenvalue weighted by Gasteiger charge is 2.49. The number of aromatic nitrogens is 2. The van der Waals surface area contributed by atoms with Crippen LogP contribution in [0.3, 0.4) is 0 Å². The van der Waals surface area contributed by atoms with E-state index >= 15 is 0 Å². The van der Waals surface area contributed by atoms with Crippen molar-refractivity contribution in [1.82, 2.24) is 20.2 Å². The second-order valence-electron chi connectivity index (χ2n) is 15.1. The lowest BCUT2D eigenvalue weighted by Crippen LogP contribution is -2.57. The smallest absolute Gasteiger partial charge is 0.408 e. The van der Waals surface area contributed by atoms with Crippen molar-refractivity contribution in [2.24, 2.45) is 17.3 Å². The lowest BCUT2D eigenvalue weighted by atomic mass is 9.85. The highest BCUT2D eigenvalue weighted by atomic mass is 16.6. The van der Waals surface area contributed by atoms with Crippen molar-refractivity contribution < 1.29 is 28.6 Å². The molecule has 2 aliphatic heterocycles. The van der Waals surface area contributed by atoms with Gasteiger partial charge in [0, 0.05) is 12.0 Å². The van der Waals surface area contributed by atoms with Gasteiger partial charge < -0.3 is 29.2 Å². The fraction of sp³-hybridized carbons (Fsp3) is 0.694. The standard InChI is InChI=1S/C36H50N4O6/c1-6-25-29(21-41)40-20-30(25)45-32-27(37-26-17-16-24(19-28(26)38-32)44-23-14-15-23)13-9-7-8-11-22-12-10-18-36(22,5)46-34(43)39-31(33(40)42)35(2,3)4/h16-17,19,21-23,25,29-31H,6-15,18,20H2,1-5H3,(H,39,43)/t22-,25+,29-,30+,31-,36-/m1/s1. The van der Waals surface area contributed by atoms with E-state index in [2.05, 4.69) is 5.32 Å². The number of alkyl carbamates (subject to hydrolysis) is 1. The largest absolute Gasteiger partial charge is 0.490 e. The van der Waals surface area contributed by atoms with Crippen LogP contribution in [0.1, 0.15) is 105 Å². The van der Waals surface area contributed by atoms with Crippen LogP contribution in [0.4, 0.5) is 4.79 Å². The van der Waals surface area contributed by atoms with Crippen molar-refractivity contribution in [3.63, 3.8) is 0 Å². The number of aldehydes is 1. The summed E-state index contributed by atoms with van der Waals surface area (Å²) in [5.41, 5.74) is 1.07. The molecule has 1 aromatic carbocycles. The Hall–Kier alpha value is -3.43. The van der Waals surface area contributed by atoms with E-state index in [1.807, 2.05) is 52.8 Å². The van der Waals surface area contributed by atoms with Gasteiger partial charge in [0.1, 0.15) is 35.5 Å². The average molecular weight is 635 g/mol. The normalized spacial score (nSPS) is 31.2. The number of fused-ring (bicyclic) bond motifs is 5. The fourth-order valence-corrected chi connectivity index (χ4v) is 7.68. The van der Waals surface area contributed by atoms with Crippen molar-refractivity contribution in [3.05, 3.63) is 23.9 Å². The molecule has 0 spiro atoms. The molecule has 2 amide bonds. The minimum absolute atomic E-state index is 0.202. The molecule has 6 rings (SSSR count). The summed E-state index contributed by atoms with van der Waals surface area (Å²) in [6.07, 6.45) is 10.3. The molecule has 1 aromatic heterocycles. The third-order valence-electron chi connectivity index (χ3n) is 10.6. The number of nitrogens with zero attached hydrogens (tertiary/aromatic N) is 3. The van der Waals surface area contributed by atoms with Crippen LogP contribution in [0.5, 0.6) is 11.6 Å². The zero-order chi connectivity index (χ0) is 32.6. The first-order valence-corrected chi connectivity index (χ1v) is 17.4. The van der Waals surface area contributed by atoms with Gasteiger partial charge in [-0.2, -0.15) is 0 Å². The summed E-state index contributed by atoms with van der Waals surface area (Å²) in [5.74, 6) is 0.928. The topological polar surface area (TPSA) is 120 Å². The minimum atomic E-state index is -0.887. The van der Waals surface area contributed by atoms with Gasteiger partial charge in [-0.25, -0.2) is 14.8 Å². The summed E-state index contributed by atoms with van der Waals surface area (Å²) in [7, 11) is 0. The first-order valence-electron chi connectivity index (χ1n) is 17.4. The molecule has 2 bridgehead atoms. The van der Waals surface area contributed by atoms with Crippen molar-refractivity contribution in [3.8, 4) is 11.6 Å². The van der Waals surface area contributed by atoms with Crippen LogP contribution in [0.25, 0.3) is 11.0 Å². The summed E-state index contributed by atoms with van der Waals surface area (Å²) in [6, 6.07) is 4.25. The Bertz CT molecular complexity index is 1450. The van der Waals surface area contributed by atoms with E-state index in [9.17, 15) is 14.4 Å². The number of carbonyl (C=O) groups excluding carboxylic acids is 3. The van der Waals surface area contributed by atoms with Gasteiger partial charge in [-0.15, -0.1) is 0 Å². The van der Waals surface area contributed by atoms with E-state index in [4.69, 9.17) is 24.2 Å². The van der Waals surface area contributed by atoms with Gasteiger partial charge in [-0.05, 0) is 88.2 Å². The van der Waals surface area contributed by atoms with Gasteiger partial charge in [-0.1, -0.05) is 40.5 Å². The molecule has 4 aliphatic rings. The highest BCUT2D eigenvalue weighted by Crippen LogP contribution is 2.42. The van der Waals surface area contributed by atoms with Crippen LogP contribution in [0, 0.1) is 17.3 Å². The third kappa shape index (κ3) is 6.81. The van der Waals surface area contributed by atoms with Gasteiger partial charge in [0.15, 0.2) is 0 Å². The maximum atomic E-state index is 14.3. The van der Waals surface area contributed by atoms with Crippen LogP contribution in [-0.2, 0) is 20.7 Å². The molecule has 6 atom stereocenters. The summed E-state index contributed by atoms with van der Waals surface area (Å²) < 4.78 is 18.9. The predicted octanol–water partition coefficient (Wildman–Crippen LogP) is 6.17. The lowest BCUT2D eigenvalue weighted by Gasteiger charge is -2.37. The number of carbonyl (C=O) groups is 3. The quantitative estimate of drug-likeness (QED) is 0.397. The molecule has 250 valence electrons. The van der Waals surface area contributed by atoms with E-state index < -0.39 is 35.3 Å². The molecule has 0 radical (unpaired) electrons. The summed E-state index contributed by atoms with van der Waals surface area (Å²) in [6.45, 7) is 9.98. The van der Waals surface area contributed by atoms with Crippen LogP contribution >= 0.6 is 0 Å². The van der Waals surface area contributed by atoms with Crippen molar-refractivity contribution >= 4 is 29.3 Å². The van der Waals surface area contributed by atoms with E-state index in [1.54, 1.807) is 4.90 Å². The second-order valence-corrected chi connectivity index (χ2v) is 15.1. The first kappa shape index (κ1) is 32.5. The van der Waals surface area contributed by atoms with Crippen molar-refractivity contribution in [2.75, 3.05) is 6.54 Å². The first-order chi connectivity index (χ1) is 22.0. The maximum absolute atomic E-state index is 14.3. The molecule has 2 saturated carbocycles. The van der Waals surface area contributed by atoms with Crippen LogP contribution in [-0.4, -0.2) is 69.6 Å². The van der Waals surface area contributed by atoms with Crippen LogP contribution in [0.2, 0.25) is 0 Å². The Kier molecular flexibility index (Phi) is 9.18. The molecule has 3 heterocycles. The number of amides is 2. The third-order valence-corrected chi connectivity index (χ3v) is 10.6. The fourth-order valence-electron chi connectivity index (χ4n) is 7.68. The van der Waals surface area contributed by atoms with Gasteiger partial charge in [-0.3, -0.25) is 4.79 Å². The van der Waals surface area contributed by atoms with E-state index in [-0.39, 0.29) is 30.4 Å². The van der Waals surface area contributed by atoms with Crippen molar-refractivity contribution in [2.45, 2.75) is 135 Å². The minimum Gasteiger partial charge on any atom is -0.490 e. The number of nitrogens with one attached hydrogen (secondary N) is 1. The van der Waals surface area contributed by atoms with Gasteiger partial charge in [0.2, 0.25) is 11.8 Å².